The van der Waals surface area contributed by atoms with Gasteiger partial charge in [0.25, 0.3) is 5.69 Å². The molecule has 1 heterocycles. The highest BCUT2D eigenvalue weighted by Crippen LogP contribution is 2.24. The summed E-state index contributed by atoms with van der Waals surface area (Å²) in [5.74, 6) is -0.306. The summed E-state index contributed by atoms with van der Waals surface area (Å²) in [6.07, 6.45) is 1.57. The van der Waals surface area contributed by atoms with E-state index in [1.54, 1.807) is 23.0 Å². The van der Waals surface area contributed by atoms with Crippen molar-refractivity contribution >= 4 is 29.0 Å². The van der Waals surface area contributed by atoms with E-state index in [2.05, 4.69) is 15.5 Å². The number of hydrogen-bond acceptors (Lipinski definition) is 6. The highest BCUT2D eigenvalue weighted by atomic mass is 32.2. The first kappa shape index (κ1) is 16.7. The first-order valence-corrected chi connectivity index (χ1v) is 8.25. The molecule has 0 aliphatic rings. The van der Waals surface area contributed by atoms with Crippen molar-refractivity contribution in [2.24, 2.45) is 0 Å². The molecule has 0 atom stereocenters. The van der Waals surface area contributed by atoms with Gasteiger partial charge in [0.15, 0.2) is 5.16 Å². The van der Waals surface area contributed by atoms with Crippen molar-refractivity contribution in [2.75, 3.05) is 11.1 Å². The zero-order valence-corrected chi connectivity index (χ0v) is 13.7. The second-order valence-corrected chi connectivity index (χ2v) is 5.87. The Bertz CT molecular complexity index is 898. The molecule has 1 aromatic heterocycles. The summed E-state index contributed by atoms with van der Waals surface area (Å²) >= 11 is 1.20. The van der Waals surface area contributed by atoms with E-state index >= 15 is 0 Å². The molecule has 0 unspecified atom stereocenters. The number of para-hydroxylation sites is 3. The van der Waals surface area contributed by atoms with Crippen molar-refractivity contribution in [3.8, 4) is 5.69 Å². The molecule has 0 aliphatic carbocycles. The van der Waals surface area contributed by atoms with Crippen LogP contribution in [0.4, 0.5) is 11.4 Å². The minimum absolute atomic E-state index is 0.0532. The van der Waals surface area contributed by atoms with Crippen LogP contribution in [0.1, 0.15) is 0 Å². The number of carbonyl (C=O) groups excluding carboxylic acids is 1. The largest absolute Gasteiger partial charge is 0.320 e. The number of amides is 1. The average molecular weight is 355 g/mol. The SMILES string of the molecule is O=C(CSc1nncn1-c1ccccc1)Nc1ccccc1[N+](=O)[O-]. The fraction of sp³-hybridized carbons (Fsp3) is 0.0625. The fourth-order valence-corrected chi connectivity index (χ4v) is 2.87. The molecule has 0 bridgehead atoms. The van der Waals surface area contributed by atoms with Crippen molar-refractivity contribution in [3.05, 3.63) is 71.0 Å². The van der Waals surface area contributed by atoms with Crippen molar-refractivity contribution in [1.29, 1.82) is 0 Å². The number of carbonyl (C=O) groups is 1. The van der Waals surface area contributed by atoms with E-state index in [4.69, 9.17) is 0 Å². The van der Waals surface area contributed by atoms with Crippen LogP contribution in [0.2, 0.25) is 0 Å². The molecule has 126 valence electrons. The smallest absolute Gasteiger partial charge is 0.292 e. The number of nitro groups is 1. The third-order valence-corrected chi connectivity index (χ3v) is 4.20. The molecule has 25 heavy (non-hydrogen) atoms. The summed E-state index contributed by atoms with van der Waals surface area (Å²) in [7, 11) is 0. The van der Waals surface area contributed by atoms with E-state index in [1.807, 2.05) is 30.3 Å². The highest BCUT2D eigenvalue weighted by Gasteiger charge is 2.16. The molecule has 8 nitrogen and oxygen atoms in total. The molecule has 0 spiro atoms. The Morgan fingerprint density at radius 1 is 1.16 bits per heavy atom. The number of aromatic nitrogens is 3. The zero-order chi connectivity index (χ0) is 17.6. The molecule has 0 radical (unpaired) electrons. The molecular formula is C16H13N5O3S. The molecule has 0 fully saturated rings. The van der Waals surface area contributed by atoms with Crippen LogP contribution in [0.15, 0.2) is 66.1 Å². The molecule has 0 aliphatic heterocycles. The van der Waals surface area contributed by atoms with Crippen LogP contribution in [-0.2, 0) is 4.79 Å². The van der Waals surface area contributed by atoms with Gasteiger partial charge in [0.1, 0.15) is 12.0 Å². The molecule has 1 amide bonds. The van der Waals surface area contributed by atoms with E-state index in [-0.39, 0.29) is 23.0 Å². The normalized spacial score (nSPS) is 10.4. The molecule has 1 N–H and O–H groups in total. The van der Waals surface area contributed by atoms with E-state index in [9.17, 15) is 14.9 Å². The van der Waals surface area contributed by atoms with Gasteiger partial charge in [0.2, 0.25) is 5.91 Å². The summed E-state index contributed by atoms with van der Waals surface area (Å²) in [5, 5.41) is 22.0. The summed E-state index contributed by atoms with van der Waals surface area (Å²) in [6, 6.07) is 15.5. The summed E-state index contributed by atoms with van der Waals surface area (Å²) in [4.78, 5) is 22.6. The van der Waals surface area contributed by atoms with Gasteiger partial charge < -0.3 is 5.32 Å². The maximum atomic E-state index is 12.1. The predicted octanol–water partition coefficient (Wildman–Crippen LogP) is 2.91. The van der Waals surface area contributed by atoms with E-state index in [1.165, 1.54) is 23.9 Å². The van der Waals surface area contributed by atoms with Gasteiger partial charge >= 0.3 is 0 Å². The molecule has 3 rings (SSSR count). The Morgan fingerprint density at radius 2 is 1.88 bits per heavy atom. The van der Waals surface area contributed by atoms with Gasteiger partial charge in [-0.05, 0) is 18.2 Å². The fourth-order valence-electron chi connectivity index (χ4n) is 2.14. The standard InChI is InChI=1S/C16H13N5O3S/c22-15(18-13-8-4-5-9-14(13)21(23)24)10-25-16-19-17-11-20(16)12-6-2-1-3-7-12/h1-9,11H,10H2,(H,18,22). The maximum Gasteiger partial charge on any atom is 0.292 e. The number of rotatable bonds is 6. The Hall–Kier alpha value is -3.20. The van der Waals surface area contributed by atoms with Crippen LogP contribution < -0.4 is 5.32 Å². The minimum Gasteiger partial charge on any atom is -0.320 e. The lowest BCUT2D eigenvalue weighted by Gasteiger charge is -2.07. The van der Waals surface area contributed by atoms with Crippen LogP contribution >= 0.6 is 11.8 Å². The van der Waals surface area contributed by atoms with E-state index in [0.717, 1.165) is 5.69 Å². The average Bonchev–Trinajstić information content (AvgIpc) is 3.09. The van der Waals surface area contributed by atoms with Gasteiger partial charge in [-0.3, -0.25) is 19.5 Å². The molecule has 9 heteroatoms. The molecule has 2 aromatic carbocycles. The van der Waals surface area contributed by atoms with E-state index < -0.39 is 4.92 Å². The Labute approximate surface area is 147 Å². The van der Waals surface area contributed by atoms with Crippen LogP contribution in [0, 0.1) is 10.1 Å². The van der Waals surface area contributed by atoms with Gasteiger partial charge in [-0.2, -0.15) is 0 Å². The van der Waals surface area contributed by atoms with Gasteiger partial charge in [-0.25, -0.2) is 0 Å². The first-order valence-electron chi connectivity index (χ1n) is 7.26. The Morgan fingerprint density at radius 3 is 2.64 bits per heavy atom. The van der Waals surface area contributed by atoms with Crippen molar-refractivity contribution in [2.45, 2.75) is 5.16 Å². The number of benzene rings is 2. The zero-order valence-electron chi connectivity index (χ0n) is 12.9. The van der Waals surface area contributed by atoms with Gasteiger partial charge in [0.05, 0.1) is 10.7 Å². The molecule has 3 aromatic rings. The van der Waals surface area contributed by atoms with E-state index in [0.29, 0.717) is 5.16 Å². The summed E-state index contributed by atoms with van der Waals surface area (Å²) in [5.41, 5.74) is 0.907. The predicted molar refractivity (Wildman–Crippen MR) is 93.8 cm³/mol. The second kappa shape index (κ2) is 7.58. The topological polar surface area (TPSA) is 103 Å². The molecule has 0 saturated heterocycles. The number of thioether (sulfide) groups is 1. The second-order valence-electron chi connectivity index (χ2n) is 4.93. The van der Waals surface area contributed by atoms with Crippen molar-refractivity contribution < 1.29 is 9.72 Å². The third kappa shape index (κ3) is 4.01. The first-order chi connectivity index (χ1) is 12.1. The lowest BCUT2D eigenvalue weighted by atomic mass is 10.2. The molecular weight excluding hydrogens is 342 g/mol. The Balaban J connectivity index is 1.67. The van der Waals surface area contributed by atoms with Crippen molar-refractivity contribution in [3.63, 3.8) is 0 Å². The van der Waals surface area contributed by atoms with Gasteiger partial charge in [-0.15, -0.1) is 10.2 Å². The summed E-state index contributed by atoms with van der Waals surface area (Å²) < 4.78 is 1.77. The minimum atomic E-state index is -0.533. The number of hydrogen-bond donors (Lipinski definition) is 1. The maximum absolute atomic E-state index is 12.1. The van der Waals surface area contributed by atoms with Crippen LogP contribution in [-0.4, -0.2) is 31.3 Å². The lowest BCUT2D eigenvalue weighted by Crippen LogP contribution is -2.15. The highest BCUT2D eigenvalue weighted by molar-refractivity contribution is 7.99. The van der Waals surface area contributed by atoms with Crippen LogP contribution in [0.3, 0.4) is 0 Å². The molecule has 0 saturated carbocycles. The number of anilines is 1. The van der Waals surface area contributed by atoms with Crippen LogP contribution in [0.25, 0.3) is 5.69 Å². The quantitative estimate of drug-likeness (QED) is 0.414. The van der Waals surface area contributed by atoms with Crippen molar-refractivity contribution in [1.82, 2.24) is 14.8 Å². The number of nitrogens with zero attached hydrogens (tertiary/aromatic N) is 4. The van der Waals surface area contributed by atoms with Gasteiger partial charge in [0, 0.05) is 11.8 Å². The number of nitrogens with one attached hydrogen (secondary N) is 1. The van der Waals surface area contributed by atoms with Gasteiger partial charge in [-0.1, -0.05) is 42.1 Å². The number of nitro benzene ring substituents is 1. The lowest BCUT2D eigenvalue weighted by molar-refractivity contribution is -0.383. The summed E-state index contributed by atoms with van der Waals surface area (Å²) in [6.45, 7) is 0. The third-order valence-electron chi connectivity index (χ3n) is 3.26. The van der Waals surface area contributed by atoms with Crippen LogP contribution in [0.5, 0.6) is 0 Å². The Kier molecular flexibility index (Phi) is 5.05. The monoisotopic (exact) mass is 355 g/mol.